The molecular weight excluding hydrogens is 598 g/mol. The Kier molecular flexibility index (Phi) is 7.74. The van der Waals surface area contributed by atoms with Crippen LogP contribution in [0.5, 0.6) is 0 Å². The Balaban J connectivity index is 1.22. The van der Waals surface area contributed by atoms with Crippen LogP contribution in [-0.2, 0) is 16.1 Å². The number of nitrogens with zero attached hydrogens (tertiary/aromatic N) is 4. The number of halogens is 6. The molecule has 5 rings (SSSR count). The lowest BCUT2D eigenvalue weighted by Crippen LogP contribution is -2.59. The molecule has 10 nitrogen and oxygen atoms in total. The number of hydrogen-bond acceptors (Lipinski definition) is 6. The van der Waals surface area contributed by atoms with Gasteiger partial charge in [0.2, 0.25) is 17.2 Å². The highest BCUT2D eigenvalue weighted by atomic mass is 19.4. The highest BCUT2D eigenvalue weighted by Gasteiger charge is 2.73. The van der Waals surface area contributed by atoms with Gasteiger partial charge in [-0.1, -0.05) is 12.6 Å². The summed E-state index contributed by atoms with van der Waals surface area (Å²) in [7, 11) is 0. The molecule has 1 aromatic carbocycles. The molecule has 2 saturated heterocycles. The fourth-order valence-corrected chi connectivity index (χ4v) is 5.66. The van der Waals surface area contributed by atoms with E-state index in [0.29, 0.717) is 28.3 Å². The van der Waals surface area contributed by atoms with Crippen molar-refractivity contribution >= 4 is 29.3 Å². The highest BCUT2D eigenvalue weighted by molar-refractivity contribution is 6.25. The minimum absolute atomic E-state index is 0.0901. The summed E-state index contributed by atoms with van der Waals surface area (Å²) in [6.45, 7) is 3.11. The monoisotopic (exact) mass is 626 g/mol. The maximum absolute atomic E-state index is 13.3. The fraction of sp³-hybridized carbons (Fsp3) is 0.464. The fourth-order valence-electron chi connectivity index (χ4n) is 5.66. The van der Waals surface area contributed by atoms with Crippen LogP contribution < -0.4 is 10.6 Å². The first-order valence-corrected chi connectivity index (χ1v) is 13.7. The van der Waals surface area contributed by atoms with E-state index in [4.69, 9.17) is 0 Å². The van der Waals surface area contributed by atoms with Crippen molar-refractivity contribution in [1.29, 1.82) is 0 Å². The molecule has 44 heavy (non-hydrogen) atoms. The number of carbonyl (C=O) groups is 4. The molecule has 0 spiro atoms. The molecule has 1 aromatic heterocycles. The number of alkyl halides is 6. The Hall–Kier alpha value is -4.37. The number of amides is 4. The molecule has 1 atom stereocenters. The zero-order chi connectivity index (χ0) is 32.2. The van der Waals surface area contributed by atoms with E-state index in [0.717, 1.165) is 4.90 Å². The quantitative estimate of drug-likeness (QED) is 0.367. The zero-order valence-electron chi connectivity index (χ0n) is 23.4. The van der Waals surface area contributed by atoms with Gasteiger partial charge in [-0.15, -0.1) is 0 Å². The number of nitrogens with one attached hydrogen (secondary N) is 2. The molecule has 0 radical (unpaired) electrons. The minimum atomic E-state index is -5.81. The largest absolute Gasteiger partial charge is 0.411 e. The van der Waals surface area contributed by atoms with E-state index in [9.17, 15) is 45.5 Å². The molecule has 3 aliphatic rings. The Morgan fingerprint density at radius 3 is 2.32 bits per heavy atom. The molecule has 1 unspecified atom stereocenters. The number of hydrogen-bond donors (Lipinski definition) is 2. The van der Waals surface area contributed by atoms with Crippen LogP contribution >= 0.6 is 0 Å². The summed E-state index contributed by atoms with van der Waals surface area (Å²) in [5, 5.41) is 9.95. The molecule has 0 aliphatic carbocycles. The molecule has 0 saturated carbocycles. The van der Waals surface area contributed by atoms with E-state index >= 15 is 0 Å². The van der Waals surface area contributed by atoms with Gasteiger partial charge in [0.05, 0.1) is 23.4 Å². The van der Waals surface area contributed by atoms with Crippen molar-refractivity contribution < 1.29 is 45.5 Å². The van der Waals surface area contributed by atoms with Crippen LogP contribution in [0.25, 0.3) is 0 Å². The standard InChI is InChI=1S/C28H28F6N6O4/c1-15-6-7-20(22(41)37-15)40-23(42)18-4-3-5-19(21(18)24(40)43)35-12-16-13-36-39(14-16)17-8-10-38(11-9-17)25(44)26(2,27(29,30)31)28(32,33)34/h3-5,13-14,17,20,35H,1,6-12H2,2H3,(H,37,41). The van der Waals surface area contributed by atoms with Gasteiger partial charge in [-0.2, -0.15) is 31.4 Å². The van der Waals surface area contributed by atoms with Crippen LogP contribution in [-0.4, -0.2) is 74.7 Å². The van der Waals surface area contributed by atoms with E-state index in [1.165, 1.54) is 16.9 Å². The average molecular weight is 627 g/mol. The number of imide groups is 1. The van der Waals surface area contributed by atoms with Crippen LogP contribution in [0, 0.1) is 5.41 Å². The summed E-state index contributed by atoms with van der Waals surface area (Å²) >= 11 is 0. The number of anilines is 1. The van der Waals surface area contributed by atoms with Gasteiger partial charge in [0, 0.05) is 42.8 Å². The lowest BCUT2D eigenvalue weighted by molar-refractivity contribution is -0.322. The normalized spacial score (nSPS) is 20.2. The lowest BCUT2D eigenvalue weighted by atomic mass is 9.86. The summed E-state index contributed by atoms with van der Waals surface area (Å²) in [6.07, 6.45) is -7.59. The van der Waals surface area contributed by atoms with Crippen molar-refractivity contribution in [2.45, 2.75) is 63.6 Å². The predicted octanol–water partition coefficient (Wildman–Crippen LogP) is 4.18. The molecule has 4 amide bonds. The van der Waals surface area contributed by atoms with Crippen molar-refractivity contribution in [3.05, 3.63) is 59.6 Å². The first-order valence-electron chi connectivity index (χ1n) is 13.7. The Labute approximate surface area is 247 Å². The van der Waals surface area contributed by atoms with E-state index < -0.39 is 47.4 Å². The third-order valence-corrected chi connectivity index (χ3v) is 8.41. The second-order valence-electron chi connectivity index (χ2n) is 11.2. The highest BCUT2D eigenvalue weighted by Crippen LogP contribution is 2.51. The second-order valence-corrected chi connectivity index (χ2v) is 11.2. The lowest BCUT2D eigenvalue weighted by Gasteiger charge is -2.39. The van der Waals surface area contributed by atoms with Crippen molar-refractivity contribution in [2.75, 3.05) is 18.4 Å². The number of likely N-dealkylation sites (tertiary alicyclic amines) is 1. The number of aromatic nitrogens is 2. The van der Waals surface area contributed by atoms with Gasteiger partial charge in [-0.05, 0) is 44.7 Å². The molecule has 236 valence electrons. The Bertz CT molecular complexity index is 1510. The third kappa shape index (κ3) is 5.19. The van der Waals surface area contributed by atoms with Crippen LogP contribution in [0.15, 0.2) is 42.9 Å². The smallest absolute Gasteiger partial charge is 0.380 e. The molecule has 2 fully saturated rings. The number of fused-ring (bicyclic) bond motifs is 1. The molecule has 0 bridgehead atoms. The molecule has 16 heteroatoms. The second kappa shape index (κ2) is 11.0. The van der Waals surface area contributed by atoms with Crippen LogP contribution in [0.3, 0.4) is 0 Å². The number of allylic oxidation sites excluding steroid dienone is 1. The van der Waals surface area contributed by atoms with Gasteiger partial charge in [0.25, 0.3) is 11.8 Å². The molecule has 2 N–H and O–H groups in total. The minimum Gasteiger partial charge on any atom is -0.380 e. The topological polar surface area (TPSA) is 117 Å². The summed E-state index contributed by atoms with van der Waals surface area (Å²) in [4.78, 5) is 52.9. The van der Waals surface area contributed by atoms with Crippen molar-refractivity contribution in [3.63, 3.8) is 0 Å². The van der Waals surface area contributed by atoms with Crippen LogP contribution in [0.1, 0.15) is 64.9 Å². The van der Waals surface area contributed by atoms with Gasteiger partial charge in [0.1, 0.15) is 6.04 Å². The van der Waals surface area contributed by atoms with E-state index in [2.05, 4.69) is 22.3 Å². The van der Waals surface area contributed by atoms with Crippen LogP contribution in [0.2, 0.25) is 0 Å². The number of carbonyl (C=O) groups excluding carboxylic acids is 4. The van der Waals surface area contributed by atoms with E-state index in [1.54, 1.807) is 18.3 Å². The molecule has 2 aromatic rings. The Morgan fingerprint density at radius 2 is 1.70 bits per heavy atom. The van der Waals surface area contributed by atoms with Gasteiger partial charge in [-0.3, -0.25) is 28.8 Å². The third-order valence-electron chi connectivity index (χ3n) is 8.41. The number of rotatable bonds is 6. The van der Waals surface area contributed by atoms with Crippen molar-refractivity contribution in [3.8, 4) is 0 Å². The SMILES string of the molecule is C=C1CCC(N2C(=O)c3cccc(NCc4cnn(C5CCN(C(=O)C(C)(C(F)(F)F)C(F)(F)F)CC5)c4)c3C2=O)C(=O)N1. The summed E-state index contributed by atoms with van der Waals surface area (Å²) < 4.78 is 81.6. The van der Waals surface area contributed by atoms with Crippen molar-refractivity contribution in [1.82, 2.24) is 24.9 Å². The molecule has 3 aliphatic heterocycles. The van der Waals surface area contributed by atoms with E-state index in [1.807, 2.05) is 0 Å². The van der Waals surface area contributed by atoms with Gasteiger partial charge in [-0.25, -0.2) is 0 Å². The zero-order valence-corrected chi connectivity index (χ0v) is 23.4. The van der Waals surface area contributed by atoms with Gasteiger partial charge < -0.3 is 15.5 Å². The summed E-state index contributed by atoms with van der Waals surface area (Å²) in [6, 6.07) is 3.38. The van der Waals surface area contributed by atoms with E-state index in [-0.39, 0.29) is 63.0 Å². The van der Waals surface area contributed by atoms with Gasteiger partial charge >= 0.3 is 12.4 Å². The van der Waals surface area contributed by atoms with Gasteiger partial charge in [0.15, 0.2) is 0 Å². The van der Waals surface area contributed by atoms with Crippen molar-refractivity contribution in [2.24, 2.45) is 5.41 Å². The summed E-state index contributed by atoms with van der Waals surface area (Å²) in [5.74, 6) is -3.70. The molecular formula is C28H28F6N6O4. The first-order chi connectivity index (χ1) is 20.5. The average Bonchev–Trinajstić information content (AvgIpc) is 3.53. The molecule has 4 heterocycles. The maximum Gasteiger partial charge on any atom is 0.411 e. The predicted molar refractivity (Wildman–Crippen MR) is 142 cm³/mol. The first kappa shape index (κ1) is 31.1. The number of piperidine rings is 2. The van der Waals surface area contributed by atoms with Crippen LogP contribution in [0.4, 0.5) is 32.0 Å². The number of benzene rings is 1. The Morgan fingerprint density at radius 1 is 1.05 bits per heavy atom. The summed E-state index contributed by atoms with van der Waals surface area (Å²) in [5.41, 5.74) is -2.71. The maximum atomic E-state index is 13.3.